The van der Waals surface area contributed by atoms with Crippen molar-refractivity contribution < 1.29 is 0 Å². The van der Waals surface area contributed by atoms with Crippen LogP contribution in [-0.2, 0) is 0 Å². The zero-order valence-corrected chi connectivity index (χ0v) is 15.0. The predicted octanol–water partition coefficient (Wildman–Crippen LogP) is 5.26. The lowest BCUT2D eigenvalue weighted by atomic mass is 10.1. The molecule has 2 nitrogen and oxygen atoms in total. The molecule has 0 spiro atoms. The molecule has 1 aromatic carbocycles. The summed E-state index contributed by atoms with van der Waals surface area (Å²) >= 11 is 6.50. The molecule has 0 aliphatic heterocycles. The second kappa shape index (κ2) is 8.65. The fourth-order valence-corrected chi connectivity index (χ4v) is 2.55. The van der Waals surface area contributed by atoms with Crippen molar-refractivity contribution in [2.75, 3.05) is 18.0 Å². The van der Waals surface area contributed by atoms with Crippen LogP contribution in [-0.4, -0.2) is 13.1 Å². The van der Waals surface area contributed by atoms with Crippen molar-refractivity contribution in [1.29, 1.82) is 0 Å². The van der Waals surface area contributed by atoms with Gasteiger partial charge in [0.15, 0.2) is 0 Å². The average molecular weight is 311 g/mol. The van der Waals surface area contributed by atoms with Crippen LogP contribution in [0.5, 0.6) is 0 Å². The first-order chi connectivity index (χ1) is 9.81. The fraction of sp³-hybridized carbons (Fsp3) is 0.667. The Bertz CT molecular complexity index is 415. The zero-order chi connectivity index (χ0) is 16.0. The number of anilines is 1. The molecule has 1 rings (SSSR count). The lowest BCUT2D eigenvalue weighted by Gasteiger charge is -2.28. The summed E-state index contributed by atoms with van der Waals surface area (Å²) in [5, 5.41) is 0.817. The minimum atomic E-state index is 0.0244. The van der Waals surface area contributed by atoms with Crippen LogP contribution in [0.2, 0.25) is 5.02 Å². The summed E-state index contributed by atoms with van der Waals surface area (Å²) < 4.78 is 0. The Hall–Kier alpha value is -0.730. The summed E-state index contributed by atoms with van der Waals surface area (Å²) in [6.45, 7) is 13.2. The number of benzene rings is 1. The molecule has 1 aromatic rings. The molecule has 0 saturated carbocycles. The largest absolute Gasteiger partial charge is 0.370 e. The Labute approximate surface area is 135 Å². The molecule has 0 radical (unpaired) electrons. The van der Waals surface area contributed by atoms with Gasteiger partial charge in [-0.2, -0.15) is 0 Å². The van der Waals surface area contributed by atoms with Crippen molar-refractivity contribution in [3.63, 3.8) is 0 Å². The Morgan fingerprint density at radius 2 is 1.52 bits per heavy atom. The number of nitrogens with two attached hydrogens (primary N) is 1. The summed E-state index contributed by atoms with van der Waals surface area (Å²) in [5.41, 5.74) is 8.17. The lowest BCUT2D eigenvalue weighted by Crippen LogP contribution is -2.28. The van der Waals surface area contributed by atoms with E-state index in [0.717, 1.165) is 29.4 Å². The van der Waals surface area contributed by atoms with E-state index in [1.165, 1.54) is 12.8 Å². The highest BCUT2D eigenvalue weighted by molar-refractivity contribution is 6.33. The van der Waals surface area contributed by atoms with E-state index >= 15 is 0 Å². The molecule has 0 aromatic heterocycles. The van der Waals surface area contributed by atoms with E-state index in [1.54, 1.807) is 0 Å². The van der Waals surface area contributed by atoms with Crippen LogP contribution in [0.15, 0.2) is 18.2 Å². The van der Waals surface area contributed by atoms with Gasteiger partial charge in [0.1, 0.15) is 0 Å². The molecule has 0 aliphatic rings. The maximum Gasteiger partial charge on any atom is 0.0642 e. The molecule has 0 fully saturated rings. The Kier molecular flexibility index (Phi) is 7.55. The second-order valence-corrected chi connectivity index (χ2v) is 7.26. The van der Waals surface area contributed by atoms with Gasteiger partial charge in [-0.05, 0) is 49.3 Å². The second-order valence-electron chi connectivity index (χ2n) is 6.85. The van der Waals surface area contributed by atoms with Gasteiger partial charge in [0.05, 0.1) is 10.7 Å². The molecule has 120 valence electrons. The highest BCUT2D eigenvalue weighted by Gasteiger charge is 2.13. The minimum absolute atomic E-state index is 0.0244. The van der Waals surface area contributed by atoms with Crippen molar-refractivity contribution in [3.05, 3.63) is 28.8 Å². The van der Waals surface area contributed by atoms with Gasteiger partial charge in [0.2, 0.25) is 0 Å². The van der Waals surface area contributed by atoms with Gasteiger partial charge in [-0.3, -0.25) is 0 Å². The topological polar surface area (TPSA) is 29.3 Å². The molecule has 1 unspecified atom stereocenters. The highest BCUT2D eigenvalue weighted by atomic mass is 35.5. The van der Waals surface area contributed by atoms with E-state index in [-0.39, 0.29) is 6.04 Å². The molecular formula is C18H31ClN2. The lowest BCUT2D eigenvalue weighted by molar-refractivity contribution is 0.535. The van der Waals surface area contributed by atoms with Crippen LogP contribution >= 0.6 is 11.6 Å². The van der Waals surface area contributed by atoms with Crippen LogP contribution in [0.3, 0.4) is 0 Å². The van der Waals surface area contributed by atoms with E-state index in [2.05, 4.69) is 44.7 Å². The molecule has 21 heavy (non-hydrogen) atoms. The normalized spacial score (nSPS) is 13.0. The number of nitrogens with zero attached hydrogens (tertiary/aromatic N) is 1. The van der Waals surface area contributed by atoms with Gasteiger partial charge < -0.3 is 10.6 Å². The molecule has 3 heteroatoms. The van der Waals surface area contributed by atoms with Gasteiger partial charge in [-0.15, -0.1) is 0 Å². The van der Waals surface area contributed by atoms with Crippen LogP contribution < -0.4 is 10.6 Å². The predicted molar refractivity (Wildman–Crippen MR) is 95.2 cm³/mol. The maximum atomic E-state index is 6.50. The van der Waals surface area contributed by atoms with Crippen molar-refractivity contribution in [3.8, 4) is 0 Å². The summed E-state index contributed by atoms with van der Waals surface area (Å²) in [6.07, 6.45) is 2.37. The number of rotatable bonds is 8. The van der Waals surface area contributed by atoms with Crippen LogP contribution in [0.25, 0.3) is 0 Å². The minimum Gasteiger partial charge on any atom is -0.370 e. The highest BCUT2D eigenvalue weighted by Crippen LogP contribution is 2.29. The molecule has 1 atom stereocenters. The number of hydrogen-bond donors (Lipinski definition) is 1. The van der Waals surface area contributed by atoms with Gasteiger partial charge in [0, 0.05) is 19.1 Å². The number of halogens is 1. The molecular weight excluding hydrogens is 280 g/mol. The van der Waals surface area contributed by atoms with Crippen molar-refractivity contribution in [2.45, 2.75) is 53.5 Å². The molecule has 0 amide bonds. The van der Waals surface area contributed by atoms with Crippen molar-refractivity contribution in [2.24, 2.45) is 17.6 Å². The Balaban J connectivity index is 2.90. The monoisotopic (exact) mass is 310 g/mol. The maximum absolute atomic E-state index is 6.50. The average Bonchev–Trinajstić information content (AvgIpc) is 2.38. The van der Waals surface area contributed by atoms with Gasteiger partial charge in [-0.25, -0.2) is 0 Å². The Morgan fingerprint density at radius 3 is 1.90 bits per heavy atom. The first-order valence-corrected chi connectivity index (χ1v) is 8.49. The van der Waals surface area contributed by atoms with Crippen LogP contribution in [0.4, 0.5) is 5.69 Å². The molecule has 0 bridgehead atoms. The van der Waals surface area contributed by atoms with Crippen LogP contribution in [0, 0.1) is 11.8 Å². The quantitative estimate of drug-likeness (QED) is 0.709. The standard InChI is InChI=1S/C18H31ClN2/c1-13(2)8-10-21(11-9-14(3)4)18-7-6-16(15(5)20)12-17(18)19/h6-7,12-15H,8-11,20H2,1-5H3. The third-order valence-corrected chi connectivity index (χ3v) is 4.09. The molecule has 2 N–H and O–H groups in total. The summed E-state index contributed by atoms with van der Waals surface area (Å²) in [7, 11) is 0. The van der Waals surface area contributed by atoms with E-state index < -0.39 is 0 Å². The third-order valence-electron chi connectivity index (χ3n) is 3.79. The third kappa shape index (κ3) is 6.27. The zero-order valence-electron chi connectivity index (χ0n) is 14.2. The molecule has 0 aliphatic carbocycles. The van der Waals surface area contributed by atoms with Gasteiger partial charge in [-0.1, -0.05) is 45.4 Å². The molecule has 0 heterocycles. The fourth-order valence-electron chi connectivity index (χ4n) is 2.24. The van der Waals surface area contributed by atoms with Crippen LogP contribution in [0.1, 0.15) is 59.1 Å². The van der Waals surface area contributed by atoms with E-state index in [0.29, 0.717) is 11.8 Å². The van der Waals surface area contributed by atoms with Gasteiger partial charge >= 0.3 is 0 Å². The van der Waals surface area contributed by atoms with Crippen molar-refractivity contribution in [1.82, 2.24) is 0 Å². The van der Waals surface area contributed by atoms with Crippen molar-refractivity contribution >= 4 is 17.3 Å². The first kappa shape index (κ1) is 18.3. The summed E-state index contributed by atoms with van der Waals surface area (Å²) in [4.78, 5) is 2.42. The summed E-state index contributed by atoms with van der Waals surface area (Å²) in [5.74, 6) is 1.40. The Morgan fingerprint density at radius 1 is 1.00 bits per heavy atom. The number of hydrogen-bond acceptors (Lipinski definition) is 2. The van der Waals surface area contributed by atoms with E-state index in [1.807, 2.05) is 13.0 Å². The summed E-state index contributed by atoms with van der Waals surface area (Å²) in [6, 6.07) is 6.27. The molecule has 0 saturated heterocycles. The SMILES string of the molecule is CC(C)CCN(CCC(C)C)c1ccc(C(C)N)cc1Cl. The van der Waals surface area contributed by atoms with E-state index in [4.69, 9.17) is 17.3 Å². The van der Waals surface area contributed by atoms with E-state index in [9.17, 15) is 0 Å². The first-order valence-electron chi connectivity index (χ1n) is 8.11. The smallest absolute Gasteiger partial charge is 0.0642 e. The van der Waals surface area contributed by atoms with Gasteiger partial charge in [0.25, 0.3) is 0 Å².